The number of hydrogen-bond acceptors (Lipinski definition) is 6. The third kappa shape index (κ3) is 2.45. The molecule has 0 amide bonds. The average molecular weight is 295 g/mol. The summed E-state index contributed by atoms with van der Waals surface area (Å²) >= 11 is 8.75. The molecule has 0 bridgehead atoms. The molecule has 0 spiro atoms. The van der Waals surface area contributed by atoms with Crippen LogP contribution in [-0.4, -0.2) is 20.2 Å². The summed E-state index contributed by atoms with van der Waals surface area (Å²) in [4.78, 5) is 8.53. The Hall–Kier alpha value is -1.24. The lowest BCUT2D eigenvalue weighted by atomic mass is 10.2. The second-order valence-electron chi connectivity index (χ2n) is 3.43. The number of para-hydroxylation sites is 1. The third-order valence-electron chi connectivity index (χ3n) is 2.28. The fourth-order valence-electron chi connectivity index (χ4n) is 1.52. The van der Waals surface area contributed by atoms with E-state index >= 15 is 0 Å². The number of nitrogens with zero attached hydrogens (tertiary/aromatic N) is 4. The lowest BCUT2D eigenvalue weighted by molar-refractivity contribution is 1.04. The minimum absolute atomic E-state index is 0.471. The molecule has 90 valence electrons. The molecule has 0 aliphatic heterocycles. The molecular weight excluding hydrogens is 288 g/mol. The van der Waals surface area contributed by atoms with Gasteiger partial charge in [0.05, 0.1) is 11.3 Å². The Morgan fingerprint density at radius 3 is 2.89 bits per heavy atom. The van der Waals surface area contributed by atoms with Gasteiger partial charge in [-0.2, -0.15) is 0 Å². The van der Waals surface area contributed by atoms with Crippen LogP contribution in [0.3, 0.4) is 0 Å². The minimum atomic E-state index is 0.471. The van der Waals surface area contributed by atoms with Crippen LogP contribution in [0.5, 0.6) is 0 Å². The maximum Gasteiger partial charge on any atom is 0.207 e. The van der Waals surface area contributed by atoms with Crippen molar-refractivity contribution >= 4 is 45.6 Å². The van der Waals surface area contributed by atoms with Gasteiger partial charge >= 0.3 is 0 Å². The van der Waals surface area contributed by atoms with Crippen molar-refractivity contribution in [2.24, 2.45) is 0 Å². The van der Waals surface area contributed by atoms with E-state index in [-0.39, 0.29) is 0 Å². The van der Waals surface area contributed by atoms with Crippen LogP contribution in [-0.2, 0) is 5.75 Å². The number of halogens is 1. The van der Waals surface area contributed by atoms with Gasteiger partial charge in [0.1, 0.15) is 16.4 Å². The van der Waals surface area contributed by atoms with Crippen molar-refractivity contribution in [2.45, 2.75) is 10.8 Å². The fourth-order valence-corrected chi connectivity index (χ4v) is 3.36. The maximum atomic E-state index is 5.75. The van der Waals surface area contributed by atoms with Crippen LogP contribution in [0.2, 0.25) is 4.47 Å². The second kappa shape index (κ2) is 5.17. The molecule has 0 saturated heterocycles. The van der Waals surface area contributed by atoms with Crippen LogP contribution in [0.4, 0.5) is 0 Å². The molecule has 0 N–H and O–H groups in total. The highest BCUT2D eigenvalue weighted by Crippen LogP contribution is 2.28. The summed E-state index contributed by atoms with van der Waals surface area (Å²) in [7, 11) is 0. The molecule has 0 radical (unpaired) electrons. The van der Waals surface area contributed by atoms with E-state index in [1.165, 1.54) is 11.3 Å². The van der Waals surface area contributed by atoms with E-state index in [1.807, 2.05) is 24.3 Å². The number of aromatic nitrogens is 4. The molecule has 1 aromatic carbocycles. The molecule has 0 unspecified atom stereocenters. The monoisotopic (exact) mass is 294 g/mol. The van der Waals surface area contributed by atoms with Gasteiger partial charge in [0, 0.05) is 5.39 Å². The summed E-state index contributed by atoms with van der Waals surface area (Å²) in [6.07, 6.45) is 1.58. The lowest BCUT2D eigenvalue weighted by Gasteiger charge is -2.02. The standard InChI is InChI=1S/C11H7ClN4S2/c12-11-16-15-9(18-11)5-17-10-7-3-1-2-4-8(7)13-6-14-10/h1-4,6H,5H2. The van der Waals surface area contributed by atoms with Gasteiger partial charge in [-0.1, -0.05) is 41.3 Å². The zero-order valence-electron chi connectivity index (χ0n) is 9.08. The molecule has 7 heteroatoms. The summed E-state index contributed by atoms with van der Waals surface area (Å²) < 4.78 is 0.471. The molecular formula is C11H7ClN4S2. The minimum Gasteiger partial charge on any atom is -0.236 e. The quantitative estimate of drug-likeness (QED) is 0.547. The van der Waals surface area contributed by atoms with Gasteiger partial charge in [-0.25, -0.2) is 9.97 Å². The summed E-state index contributed by atoms with van der Waals surface area (Å²) in [5, 5.41) is 10.7. The van der Waals surface area contributed by atoms with Crippen molar-refractivity contribution in [3.8, 4) is 0 Å². The predicted molar refractivity (Wildman–Crippen MR) is 74.0 cm³/mol. The highest BCUT2D eigenvalue weighted by atomic mass is 35.5. The van der Waals surface area contributed by atoms with E-state index in [9.17, 15) is 0 Å². The molecule has 0 fully saturated rings. The Bertz CT molecular complexity index is 680. The van der Waals surface area contributed by atoms with Crippen molar-refractivity contribution in [2.75, 3.05) is 0 Å². The number of thioether (sulfide) groups is 1. The van der Waals surface area contributed by atoms with Crippen molar-refractivity contribution < 1.29 is 0 Å². The van der Waals surface area contributed by atoms with Gasteiger partial charge < -0.3 is 0 Å². The smallest absolute Gasteiger partial charge is 0.207 e. The second-order valence-corrected chi connectivity index (χ2v) is 6.04. The van der Waals surface area contributed by atoms with E-state index in [1.54, 1.807) is 18.1 Å². The first-order valence-electron chi connectivity index (χ1n) is 5.13. The average Bonchev–Trinajstić information content (AvgIpc) is 2.82. The van der Waals surface area contributed by atoms with E-state index in [0.717, 1.165) is 20.9 Å². The molecule has 0 aliphatic carbocycles. The highest BCUT2D eigenvalue weighted by Gasteiger charge is 2.07. The van der Waals surface area contributed by atoms with E-state index in [2.05, 4.69) is 20.2 Å². The van der Waals surface area contributed by atoms with Gasteiger partial charge in [-0.15, -0.1) is 10.2 Å². The molecule has 4 nitrogen and oxygen atoms in total. The Morgan fingerprint density at radius 2 is 2.06 bits per heavy atom. The molecule has 3 aromatic rings. The van der Waals surface area contributed by atoms with Crippen molar-refractivity contribution in [1.29, 1.82) is 0 Å². The zero-order valence-corrected chi connectivity index (χ0v) is 11.5. The molecule has 2 heterocycles. The molecule has 3 rings (SSSR count). The third-order valence-corrected chi connectivity index (χ3v) is 4.50. The number of hydrogen-bond donors (Lipinski definition) is 0. The molecule has 0 saturated carbocycles. The van der Waals surface area contributed by atoms with Gasteiger partial charge in [0.15, 0.2) is 0 Å². The maximum absolute atomic E-state index is 5.75. The summed E-state index contributed by atoms with van der Waals surface area (Å²) in [6.45, 7) is 0. The first kappa shape index (κ1) is 11.8. The first-order chi connectivity index (χ1) is 8.83. The first-order valence-corrected chi connectivity index (χ1v) is 7.31. The molecule has 0 aliphatic rings. The van der Waals surface area contributed by atoms with Gasteiger partial charge in [-0.05, 0) is 17.7 Å². The largest absolute Gasteiger partial charge is 0.236 e. The summed E-state index contributed by atoms with van der Waals surface area (Å²) in [6, 6.07) is 7.94. The van der Waals surface area contributed by atoms with Crippen molar-refractivity contribution in [1.82, 2.24) is 20.2 Å². The molecule has 18 heavy (non-hydrogen) atoms. The number of rotatable bonds is 3. The van der Waals surface area contributed by atoms with Crippen molar-refractivity contribution in [3.05, 3.63) is 40.1 Å². The Balaban J connectivity index is 1.86. The van der Waals surface area contributed by atoms with E-state index in [0.29, 0.717) is 10.2 Å². The van der Waals surface area contributed by atoms with E-state index in [4.69, 9.17) is 11.6 Å². The fraction of sp³-hybridized carbons (Fsp3) is 0.0909. The topological polar surface area (TPSA) is 51.6 Å². The van der Waals surface area contributed by atoms with Gasteiger partial charge in [0.25, 0.3) is 0 Å². The number of fused-ring (bicyclic) bond motifs is 1. The molecule has 2 aromatic heterocycles. The van der Waals surface area contributed by atoms with Crippen molar-refractivity contribution in [3.63, 3.8) is 0 Å². The van der Waals surface area contributed by atoms with Crippen LogP contribution >= 0.6 is 34.7 Å². The normalized spacial score (nSPS) is 10.9. The van der Waals surface area contributed by atoms with Crippen LogP contribution in [0.25, 0.3) is 10.9 Å². The summed E-state index contributed by atoms with van der Waals surface area (Å²) in [5.74, 6) is 0.714. The van der Waals surface area contributed by atoms with Gasteiger partial charge in [0.2, 0.25) is 4.47 Å². The van der Waals surface area contributed by atoms with Crippen LogP contribution < -0.4 is 0 Å². The van der Waals surface area contributed by atoms with E-state index < -0.39 is 0 Å². The Morgan fingerprint density at radius 1 is 1.17 bits per heavy atom. The van der Waals surface area contributed by atoms with Crippen LogP contribution in [0, 0.1) is 0 Å². The molecule has 0 atom stereocenters. The predicted octanol–water partition coefficient (Wildman–Crippen LogP) is 3.43. The van der Waals surface area contributed by atoms with Crippen LogP contribution in [0.15, 0.2) is 35.6 Å². The Kier molecular flexibility index (Phi) is 3.40. The number of benzene rings is 1. The summed E-state index contributed by atoms with van der Waals surface area (Å²) in [5.41, 5.74) is 0.949. The van der Waals surface area contributed by atoms with Crippen LogP contribution in [0.1, 0.15) is 5.01 Å². The van der Waals surface area contributed by atoms with Gasteiger partial charge in [-0.3, -0.25) is 0 Å². The highest BCUT2D eigenvalue weighted by molar-refractivity contribution is 7.98. The lowest BCUT2D eigenvalue weighted by Crippen LogP contribution is -1.87. The SMILES string of the molecule is Clc1nnc(CSc2ncnc3ccccc23)s1. The zero-order chi connectivity index (χ0) is 12.4. The Labute approximate surface area is 116 Å².